The second-order valence-electron chi connectivity index (χ2n) is 3.34. The van der Waals surface area contributed by atoms with E-state index in [-0.39, 0.29) is 11.6 Å². The van der Waals surface area contributed by atoms with Crippen molar-refractivity contribution >= 4 is 11.8 Å². The molecule has 0 saturated carbocycles. The lowest BCUT2D eigenvalue weighted by Gasteiger charge is -2.03. The van der Waals surface area contributed by atoms with Crippen molar-refractivity contribution < 1.29 is 13.9 Å². The minimum atomic E-state index is -0.692. The number of aliphatic hydroxyl groups excluding tert-OH is 1. The van der Waals surface area contributed by atoms with Crippen LogP contribution in [-0.4, -0.2) is 10.1 Å². The Kier molecular flexibility index (Phi) is 3.71. The summed E-state index contributed by atoms with van der Waals surface area (Å²) in [6.45, 7) is -0.0336. The maximum absolute atomic E-state index is 13.3. The molecule has 1 aromatic heterocycles. The van der Waals surface area contributed by atoms with Crippen molar-refractivity contribution in [2.24, 2.45) is 0 Å². The number of hydrogen-bond acceptors (Lipinski definition) is 3. The molecule has 5 heteroatoms. The number of benzene rings is 1. The predicted molar refractivity (Wildman–Crippen MR) is 60.6 cm³/mol. The summed E-state index contributed by atoms with van der Waals surface area (Å²) in [5.41, 5.74) is 0.780. The molecule has 0 aliphatic rings. The topological polar surface area (TPSA) is 33.1 Å². The van der Waals surface area contributed by atoms with E-state index in [4.69, 9.17) is 5.11 Å². The van der Waals surface area contributed by atoms with Gasteiger partial charge in [-0.2, -0.15) is 0 Å². The van der Waals surface area contributed by atoms with E-state index >= 15 is 0 Å². The Morgan fingerprint density at radius 3 is 2.47 bits per heavy atom. The molecule has 2 rings (SSSR count). The first-order chi connectivity index (χ1) is 8.19. The van der Waals surface area contributed by atoms with Gasteiger partial charge in [-0.05, 0) is 17.7 Å². The molecule has 17 heavy (non-hydrogen) atoms. The van der Waals surface area contributed by atoms with Gasteiger partial charge in [0.05, 0.1) is 12.8 Å². The van der Waals surface area contributed by atoms with Crippen molar-refractivity contribution in [3.05, 3.63) is 53.7 Å². The van der Waals surface area contributed by atoms with Gasteiger partial charge in [0, 0.05) is 11.0 Å². The number of pyridine rings is 1. The normalized spacial score (nSPS) is 10.5. The summed E-state index contributed by atoms with van der Waals surface area (Å²) < 4.78 is 26.0. The highest BCUT2D eigenvalue weighted by Gasteiger charge is 2.07. The van der Waals surface area contributed by atoms with Crippen molar-refractivity contribution in [1.29, 1.82) is 0 Å². The Hall–Kier alpha value is -1.46. The van der Waals surface area contributed by atoms with Crippen LogP contribution in [0.3, 0.4) is 0 Å². The fourth-order valence-corrected chi connectivity index (χ4v) is 2.01. The molecular formula is C12H9F2NOS. The van der Waals surface area contributed by atoms with Gasteiger partial charge in [-0.15, -0.1) is 0 Å². The quantitative estimate of drug-likeness (QED) is 0.912. The molecule has 1 N–H and O–H groups in total. The van der Waals surface area contributed by atoms with E-state index in [9.17, 15) is 8.78 Å². The van der Waals surface area contributed by atoms with Gasteiger partial charge in [-0.3, -0.25) is 0 Å². The summed E-state index contributed by atoms with van der Waals surface area (Å²) in [5.74, 6) is -1.37. The van der Waals surface area contributed by atoms with Crippen LogP contribution in [-0.2, 0) is 6.61 Å². The van der Waals surface area contributed by atoms with E-state index < -0.39 is 11.6 Å². The Morgan fingerprint density at radius 2 is 1.88 bits per heavy atom. The molecule has 0 radical (unpaired) electrons. The largest absolute Gasteiger partial charge is 0.392 e. The molecule has 0 amide bonds. The number of hydrogen-bond donors (Lipinski definition) is 1. The van der Waals surface area contributed by atoms with Crippen molar-refractivity contribution in [2.45, 2.75) is 16.5 Å². The number of rotatable bonds is 3. The zero-order valence-electron chi connectivity index (χ0n) is 8.73. The fourth-order valence-electron chi connectivity index (χ4n) is 1.25. The van der Waals surface area contributed by atoms with Crippen LogP contribution >= 0.6 is 11.8 Å². The lowest BCUT2D eigenvalue weighted by atomic mass is 10.2. The number of halogens is 2. The van der Waals surface area contributed by atoms with Crippen LogP contribution < -0.4 is 0 Å². The minimum absolute atomic E-state index is 0.0336. The number of aliphatic hydroxyl groups is 1. The number of aromatic nitrogens is 1. The Bertz CT molecular complexity index is 516. The summed E-state index contributed by atoms with van der Waals surface area (Å²) in [4.78, 5) is 4.46. The molecule has 0 bridgehead atoms. The maximum Gasteiger partial charge on any atom is 0.158 e. The first-order valence-corrected chi connectivity index (χ1v) is 5.69. The van der Waals surface area contributed by atoms with Gasteiger partial charge in [0.15, 0.2) is 5.82 Å². The third-order valence-electron chi connectivity index (χ3n) is 2.09. The maximum atomic E-state index is 13.3. The molecule has 0 spiro atoms. The monoisotopic (exact) mass is 253 g/mol. The Balaban J connectivity index is 2.19. The lowest BCUT2D eigenvalue weighted by molar-refractivity contribution is 0.282. The zero-order valence-corrected chi connectivity index (χ0v) is 9.55. The van der Waals surface area contributed by atoms with Gasteiger partial charge >= 0.3 is 0 Å². The van der Waals surface area contributed by atoms with Crippen LogP contribution in [0.25, 0.3) is 0 Å². The molecule has 0 aliphatic carbocycles. The van der Waals surface area contributed by atoms with Crippen molar-refractivity contribution in [2.75, 3.05) is 0 Å². The van der Waals surface area contributed by atoms with Crippen molar-refractivity contribution in [3.8, 4) is 0 Å². The van der Waals surface area contributed by atoms with Crippen molar-refractivity contribution in [1.82, 2.24) is 4.98 Å². The van der Waals surface area contributed by atoms with Crippen molar-refractivity contribution in [3.63, 3.8) is 0 Å². The fraction of sp³-hybridized carbons (Fsp3) is 0.0833. The summed E-state index contributed by atoms with van der Waals surface area (Å²) in [6.07, 6.45) is 0.980. The molecule has 0 atom stereocenters. The van der Waals surface area contributed by atoms with Gasteiger partial charge in [0.25, 0.3) is 0 Å². The first kappa shape index (κ1) is 12.0. The minimum Gasteiger partial charge on any atom is -0.392 e. The highest BCUT2D eigenvalue weighted by atomic mass is 32.2. The predicted octanol–water partition coefficient (Wildman–Crippen LogP) is 3.00. The highest BCUT2D eigenvalue weighted by molar-refractivity contribution is 7.99. The van der Waals surface area contributed by atoms with E-state index in [1.54, 1.807) is 24.3 Å². The third kappa shape index (κ3) is 3.01. The van der Waals surface area contributed by atoms with Crippen LogP contribution in [0.15, 0.2) is 46.5 Å². The number of nitrogens with zero attached hydrogens (tertiary/aromatic N) is 1. The van der Waals surface area contributed by atoms with Crippen LogP contribution in [0.1, 0.15) is 5.56 Å². The van der Waals surface area contributed by atoms with Gasteiger partial charge < -0.3 is 5.11 Å². The Labute approximate surface area is 101 Å². The molecule has 0 unspecified atom stereocenters. The third-order valence-corrected chi connectivity index (χ3v) is 3.10. The zero-order chi connectivity index (χ0) is 12.3. The van der Waals surface area contributed by atoms with E-state index in [1.165, 1.54) is 0 Å². The molecular weight excluding hydrogens is 244 g/mol. The van der Waals surface area contributed by atoms with Gasteiger partial charge in [-0.1, -0.05) is 23.9 Å². The summed E-state index contributed by atoms with van der Waals surface area (Å²) in [5, 5.41) is 9.00. The molecule has 0 aliphatic heterocycles. The van der Waals surface area contributed by atoms with Crippen LogP contribution in [0.5, 0.6) is 0 Å². The molecule has 1 aromatic carbocycles. The lowest BCUT2D eigenvalue weighted by Crippen LogP contribution is -1.89. The summed E-state index contributed by atoms with van der Waals surface area (Å²) in [6, 6.07) is 7.78. The molecule has 2 nitrogen and oxygen atoms in total. The van der Waals surface area contributed by atoms with Crippen LogP contribution in [0.2, 0.25) is 0 Å². The second-order valence-corrected chi connectivity index (χ2v) is 4.41. The average molecular weight is 253 g/mol. The van der Waals surface area contributed by atoms with E-state index in [2.05, 4.69) is 4.98 Å². The van der Waals surface area contributed by atoms with E-state index in [0.717, 1.165) is 34.5 Å². The average Bonchev–Trinajstić information content (AvgIpc) is 2.34. The summed E-state index contributed by atoms with van der Waals surface area (Å²) in [7, 11) is 0. The molecule has 0 saturated heterocycles. The first-order valence-electron chi connectivity index (χ1n) is 4.88. The smallest absolute Gasteiger partial charge is 0.158 e. The molecule has 2 aromatic rings. The van der Waals surface area contributed by atoms with Gasteiger partial charge in [0.2, 0.25) is 0 Å². The van der Waals surface area contributed by atoms with Gasteiger partial charge in [0.1, 0.15) is 10.8 Å². The van der Waals surface area contributed by atoms with E-state index in [1.807, 2.05) is 0 Å². The summed E-state index contributed by atoms with van der Waals surface area (Å²) >= 11 is 1.11. The van der Waals surface area contributed by atoms with Crippen LogP contribution in [0.4, 0.5) is 8.78 Å². The van der Waals surface area contributed by atoms with Gasteiger partial charge in [-0.25, -0.2) is 13.8 Å². The van der Waals surface area contributed by atoms with Crippen LogP contribution in [0, 0.1) is 11.6 Å². The second kappa shape index (κ2) is 5.25. The SMILES string of the molecule is OCc1ccc(Sc2ncc(F)cc2F)cc1. The highest BCUT2D eigenvalue weighted by Crippen LogP contribution is 2.28. The molecule has 0 fully saturated rings. The molecule has 1 heterocycles. The molecule has 88 valence electrons. The van der Waals surface area contributed by atoms with E-state index in [0.29, 0.717) is 0 Å². The Morgan fingerprint density at radius 1 is 1.18 bits per heavy atom. The standard InChI is InChI=1S/C12H9F2NOS/c13-9-5-11(14)12(15-6-9)17-10-3-1-8(7-16)2-4-10/h1-6,16H,7H2.